The summed E-state index contributed by atoms with van der Waals surface area (Å²) < 4.78 is 11.3. The lowest BCUT2D eigenvalue weighted by Gasteiger charge is -2.08. The normalized spacial score (nSPS) is 9.71. The largest absolute Gasteiger partial charge is 0.496 e. The van der Waals surface area contributed by atoms with Gasteiger partial charge in [-0.05, 0) is 34.7 Å². The predicted octanol–water partition coefficient (Wildman–Crippen LogP) is 2.85. The fraction of sp³-hybridized carbons (Fsp3) is 0.222. The lowest BCUT2D eigenvalue weighted by atomic mass is 10.2. The minimum Gasteiger partial charge on any atom is -0.496 e. The third-order valence-electron chi connectivity index (χ3n) is 1.63. The van der Waals surface area contributed by atoms with Crippen LogP contribution < -0.4 is 4.74 Å². The van der Waals surface area contributed by atoms with Gasteiger partial charge in [-0.15, -0.1) is 0 Å². The number of carbonyl (C=O) groups is 1. The number of halogens is 2. The number of hydrogen-bond acceptors (Lipinski definition) is 3. The molecule has 14 heavy (non-hydrogen) atoms. The van der Waals surface area contributed by atoms with Crippen molar-refractivity contribution in [2.24, 2.45) is 0 Å². The number of ether oxygens (including phenoxy) is 2. The number of carbonyl (C=O) groups excluding carboxylic acids is 1. The van der Waals surface area contributed by atoms with Gasteiger partial charge in [0.1, 0.15) is 5.75 Å². The molecule has 0 saturated carbocycles. The zero-order valence-electron chi connectivity index (χ0n) is 7.64. The van der Waals surface area contributed by atoms with E-state index in [0.29, 0.717) is 11.3 Å². The van der Waals surface area contributed by atoms with Crippen LogP contribution in [0.2, 0.25) is 0 Å². The van der Waals surface area contributed by atoms with Gasteiger partial charge in [-0.2, -0.15) is 0 Å². The molecule has 5 heteroatoms. The first-order valence-electron chi connectivity index (χ1n) is 3.71. The van der Waals surface area contributed by atoms with Crippen molar-refractivity contribution in [3.8, 4) is 5.75 Å². The fourth-order valence-electron chi connectivity index (χ4n) is 0.971. The smallest absolute Gasteiger partial charge is 0.339 e. The first-order valence-corrected chi connectivity index (χ1v) is 5.58. The Hall–Kier alpha value is -0.300. The van der Waals surface area contributed by atoms with Crippen LogP contribution in [0.1, 0.15) is 10.4 Å². The molecular weight excluding hydrogens is 363 g/mol. The Bertz CT molecular complexity index is 365. The minimum absolute atomic E-state index is 0.367. The molecule has 76 valence electrons. The van der Waals surface area contributed by atoms with Crippen molar-refractivity contribution in [1.82, 2.24) is 0 Å². The Morgan fingerprint density at radius 1 is 1.43 bits per heavy atom. The van der Waals surface area contributed by atoms with E-state index in [-0.39, 0.29) is 5.97 Å². The molecule has 0 heterocycles. The molecule has 1 rings (SSSR count). The summed E-state index contributed by atoms with van der Waals surface area (Å²) in [7, 11) is 2.91. The molecule has 0 radical (unpaired) electrons. The summed E-state index contributed by atoms with van der Waals surface area (Å²) in [6, 6.07) is 3.50. The summed E-state index contributed by atoms with van der Waals surface area (Å²) >= 11 is 5.34. The second kappa shape index (κ2) is 4.97. The highest BCUT2D eigenvalue weighted by Gasteiger charge is 2.15. The number of esters is 1. The van der Waals surface area contributed by atoms with Crippen molar-refractivity contribution in [3.05, 3.63) is 25.7 Å². The van der Waals surface area contributed by atoms with Crippen LogP contribution in [0.25, 0.3) is 0 Å². The van der Waals surface area contributed by atoms with Gasteiger partial charge in [-0.25, -0.2) is 4.79 Å². The van der Waals surface area contributed by atoms with E-state index in [1.54, 1.807) is 19.2 Å². The molecule has 0 aromatic heterocycles. The summed E-state index contributed by atoms with van der Waals surface area (Å²) in [5.41, 5.74) is 0.499. The van der Waals surface area contributed by atoms with E-state index in [2.05, 4.69) is 20.7 Å². The van der Waals surface area contributed by atoms with Crippen LogP contribution in [0.15, 0.2) is 16.6 Å². The summed E-state index contributed by atoms with van der Waals surface area (Å²) in [6.07, 6.45) is 0. The second-order valence-corrected chi connectivity index (χ2v) is 4.46. The van der Waals surface area contributed by atoms with Gasteiger partial charge >= 0.3 is 5.97 Å². The van der Waals surface area contributed by atoms with Crippen LogP contribution in [0.5, 0.6) is 5.75 Å². The van der Waals surface area contributed by atoms with E-state index in [1.165, 1.54) is 7.11 Å². The quantitative estimate of drug-likeness (QED) is 0.593. The SMILES string of the molecule is COC(=O)c1cc(Br)cc(OC)c1I. The second-order valence-electron chi connectivity index (χ2n) is 2.46. The number of hydrogen-bond donors (Lipinski definition) is 0. The van der Waals surface area contributed by atoms with Gasteiger partial charge in [0.05, 0.1) is 23.4 Å². The summed E-state index contributed by atoms with van der Waals surface area (Å²) in [4.78, 5) is 11.4. The summed E-state index contributed by atoms with van der Waals surface area (Å²) in [6.45, 7) is 0. The van der Waals surface area contributed by atoms with E-state index in [0.717, 1.165) is 8.04 Å². The van der Waals surface area contributed by atoms with Crippen LogP contribution in [-0.4, -0.2) is 20.2 Å². The molecule has 0 atom stereocenters. The van der Waals surface area contributed by atoms with E-state index in [9.17, 15) is 4.79 Å². The van der Waals surface area contributed by atoms with Gasteiger partial charge in [-0.3, -0.25) is 0 Å². The summed E-state index contributed by atoms with van der Waals surface area (Å²) in [5, 5.41) is 0. The Morgan fingerprint density at radius 2 is 2.07 bits per heavy atom. The molecule has 1 aromatic rings. The molecule has 0 aliphatic heterocycles. The molecule has 0 saturated heterocycles. The first-order chi connectivity index (χ1) is 6.60. The minimum atomic E-state index is -0.367. The van der Waals surface area contributed by atoms with Gasteiger partial charge in [0.2, 0.25) is 0 Å². The number of methoxy groups -OCH3 is 2. The molecule has 0 bridgehead atoms. The van der Waals surface area contributed by atoms with Crippen LogP contribution >= 0.6 is 38.5 Å². The highest BCUT2D eigenvalue weighted by atomic mass is 127. The van der Waals surface area contributed by atoms with Crippen LogP contribution in [0.4, 0.5) is 0 Å². The van der Waals surface area contributed by atoms with Gasteiger partial charge in [0.25, 0.3) is 0 Å². The average molecular weight is 371 g/mol. The molecule has 0 fully saturated rings. The molecule has 0 amide bonds. The standard InChI is InChI=1S/C9H8BrIO3/c1-13-7-4-5(10)3-6(8(7)11)9(12)14-2/h3-4H,1-2H3. The topological polar surface area (TPSA) is 35.5 Å². The average Bonchev–Trinajstić information content (AvgIpc) is 2.19. The lowest BCUT2D eigenvalue weighted by Crippen LogP contribution is -2.05. The number of benzene rings is 1. The highest BCUT2D eigenvalue weighted by molar-refractivity contribution is 14.1. The van der Waals surface area contributed by atoms with E-state index >= 15 is 0 Å². The van der Waals surface area contributed by atoms with Crippen molar-refractivity contribution < 1.29 is 14.3 Å². The highest BCUT2D eigenvalue weighted by Crippen LogP contribution is 2.29. The van der Waals surface area contributed by atoms with Gasteiger partial charge in [-0.1, -0.05) is 15.9 Å². The zero-order valence-corrected chi connectivity index (χ0v) is 11.4. The Kier molecular flexibility index (Phi) is 4.18. The Morgan fingerprint density at radius 3 is 2.57 bits per heavy atom. The van der Waals surface area contributed by atoms with Crippen LogP contribution in [0, 0.1) is 3.57 Å². The molecule has 0 aliphatic carbocycles. The van der Waals surface area contributed by atoms with Crippen molar-refractivity contribution >= 4 is 44.5 Å². The Balaban J connectivity index is 3.29. The van der Waals surface area contributed by atoms with Crippen molar-refractivity contribution in [2.45, 2.75) is 0 Å². The molecular formula is C9H8BrIO3. The first kappa shape index (κ1) is 11.8. The molecule has 0 spiro atoms. The molecule has 3 nitrogen and oxygen atoms in total. The van der Waals surface area contributed by atoms with Gasteiger partial charge < -0.3 is 9.47 Å². The summed E-state index contributed by atoms with van der Waals surface area (Å²) in [5.74, 6) is 0.286. The fourth-order valence-corrected chi connectivity index (χ4v) is 2.16. The third kappa shape index (κ3) is 2.38. The third-order valence-corrected chi connectivity index (χ3v) is 3.20. The lowest BCUT2D eigenvalue weighted by molar-refractivity contribution is 0.0599. The molecule has 0 unspecified atom stereocenters. The molecule has 0 N–H and O–H groups in total. The monoisotopic (exact) mass is 370 g/mol. The van der Waals surface area contributed by atoms with Crippen molar-refractivity contribution in [3.63, 3.8) is 0 Å². The molecule has 1 aromatic carbocycles. The van der Waals surface area contributed by atoms with Crippen LogP contribution in [-0.2, 0) is 4.74 Å². The van der Waals surface area contributed by atoms with E-state index in [4.69, 9.17) is 4.74 Å². The van der Waals surface area contributed by atoms with E-state index in [1.807, 2.05) is 22.6 Å². The van der Waals surface area contributed by atoms with Crippen molar-refractivity contribution in [1.29, 1.82) is 0 Å². The number of rotatable bonds is 2. The maximum atomic E-state index is 11.4. The van der Waals surface area contributed by atoms with Gasteiger partial charge in [0.15, 0.2) is 0 Å². The van der Waals surface area contributed by atoms with E-state index < -0.39 is 0 Å². The molecule has 0 aliphatic rings. The Labute approximate surface area is 104 Å². The van der Waals surface area contributed by atoms with Gasteiger partial charge in [0, 0.05) is 4.47 Å². The maximum absolute atomic E-state index is 11.4. The predicted molar refractivity (Wildman–Crippen MR) is 64.8 cm³/mol. The zero-order chi connectivity index (χ0) is 10.7. The van der Waals surface area contributed by atoms with Crippen LogP contribution in [0.3, 0.4) is 0 Å². The maximum Gasteiger partial charge on any atom is 0.339 e. The van der Waals surface area contributed by atoms with Crippen molar-refractivity contribution in [2.75, 3.05) is 14.2 Å².